The largest absolute Gasteiger partial charge is 0.329 e. The van der Waals surface area contributed by atoms with Crippen LogP contribution < -0.4 is 5.32 Å². The molecule has 1 aliphatic heterocycles. The van der Waals surface area contributed by atoms with Crippen LogP contribution in [0.15, 0.2) is 24.3 Å². The molecule has 1 unspecified atom stereocenters. The van der Waals surface area contributed by atoms with Gasteiger partial charge in [-0.2, -0.15) is 0 Å². The first-order valence-electron chi connectivity index (χ1n) is 8.67. The minimum atomic E-state index is -3.19. The van der Waals surface area contributed by atoms with E-state index in [1.807, 2.05) is 19.0 Å². The Labute approximate surface area is 159 Å². The Balaban J connectivity index is 2.14. The molecule has 1 saturated heterocycles. The molecule has 0 radical (unpaired) electrons. The molecular weight excluding hydrogens is 370 g/mol. The van der Waals surface area contributed by atoms with E-state index >= 15 is 0 Å². The number of carbonyl (C=O) groups is 3. The molecule has 148 valence electrons. The van der Waals surface area contributed by atoms with Gasteiger partial charge in [0.25, 0.3) is 0 Å². The van der Waals surface area contributed by atoms with Crippen LogP contribution in [0.25, 0.3) is 0 Å². The molecule has 0 bridgehead atoms. The normalized spacial score (nSPS) is 18.3. The number of anilines is 1. The van der Waals surface area contributed by atoms with Gasteiger partial charge in [-0.15, -0.1) is 0 Å². The summed E-state index contributed by atoms with van der Waals surface area (Å²) in [6.07, 6.45) is 0.328. The number of nitrogens with zero attached hydrogens (tertiary/aromatic N) is 2. The minimum absolute atomic E-state index is 0.0195. The van der Waals surface area contributed by atoms with Crippen molar-refractivity contribution >= 4 is 33.1 Å². The molecule has 8 nitrogen and oxygen atoms in total. The fourth-order valence-corrected chi connectivity index (χ4v) is 4.64. The van der Waals surface area contributed by atoms with Crippen molar-refractivity contribution in [1.82, 2.24) is 9.80 Å². The van der Waals surface area contributed by atoms with E-state index in [2.05, 4.69) is 5.32 Å². The number of likely N-dealkylation sites (N-methyl/N-ethyl adjacent to an activating group) is 1. The van der Waals surface area contributed by atoms with Gasteiger partial charge in [0.15, 0.2) is 15.6 Å². The zero-order valence-electron chi connectivity index (χ0n) is 15.8. The van der Waals surface area contributed by atoms with Crippen molar-refractivity contribution in [3.63, 3.8) is 0 Å². The lowest BCUT2D eigenvalue weighted by molar-refractivity contribution is -0.144. The van der Waals surface area contributed by atoms with E-state index < -0.39 is 27.7 Å². The van der Waals surface area contributed by atoms with Gasteiger partial charge in [-0.05, 0) is 39.6 Å². The number of hydrogen-bond donors (Lipinski definition) is 1. The second-order valence-electron chi connectivity index (χ2n) is 6.95. The van der Waals surface area contributed by atoms with Crippen LogP contribution in [0.2, 0.25) is 0 Å². The molecular formula is C18H25N3O5S. The van der Waals surface area contributed by atoms with E-state index in [1.54, 1.807) is 18.2 Å². The quantitative estimate of drug-likeness (QED) is 0.553. The third kappa shape index (κ3) is 5.86. The van der Waals surface area contributed by atoms with Crippen LogP contribution in [-0.4, -0.2) is 80.5 Å². The van der Waals surface area contributed by atoms with Gasteiger partial charge in [-0.3, -0.25) is 14.4 Å². The lowest BCUT2D eigenvalue weighted by Gasteiger charge is -2.28. The van der Waals surface area contributed by atoms with Gasteiger partial charge in [0, 0.05) is 30.4 Å². The van der Waals surface area contributed by atoms with Gasteiger partial charge in [0.1, 0.15) is 0 Å². The van der Waals surface area contributed by atoms with Gasteiger partial charge in [-0.25, -0.2) is 8.42 Å². The van der Waals surface area contributed by atoms with E-state index in [-0.39, 0.29) is 23.8 Å². The molecule has 1 heterocycles. The summed E-state index contributed by atoms with van der Waals surface area (Å²) >= 11 is 0. The standard InChI is InChI=1S/C18H25N3O5S/c1-13(22)14-5-4-6-15(11-14)19-17(23)18(24)21(9-8-20(2)3)16-7-10-27(25,26)12-16/h4-6,11,16H,7-10,12H2,1-3H3,(H,19,23). The Kier molecular flexibility index (Phi) is 6.72. The van der Waals surface area contributed by atoms with Gasteiger partial charge in [0.05, 0.1) is 11.5 Å². The van der Waals surface area contributed by atoms with Gasteiger partial charge in [0.2, 0.25) is 0 Å². The second-order valence-corrected chi connectivity index (χ2v) is 9.18. The Hall–Kier alpha value is -2.26. The smallest absolute Gasteiger partial charge is 0.313 e. The molecule has 0 saturated carbocycles. The summed E-state index contributed by atoms with van der Waals surface area (Å²) in [5.74, 6) is -1.88. The van der Waals surface area contributed by atoms with Crippen molar-refractivity contribution < 1.29 is 22.8 Å². The molecule has 9 heteroatoms. The van der Waals surface area contributed by atoms with Gasteiger partial charge < -0.3 is 15.1 Å². The highest BCUT2D eigenvalue weighted by molar-refractivity contribution is 7.91. The zero-order chi connectivity index (χ0) is 20.2. The monoisotopic (exact) mass is 395 g/mol. The first-order chi connectivity index (χ1) is 12.6. The summed E-state index contributed by atoms with van der Waals surface area (Å²) < 4.78 is 23.6. The van der Waals surface area contributed by atoms with Crippen LogP contribution in [0.3, 0.4) is 0 Å². The number of ketones is 1. The molecule has 0 aliphatic carbocycles. The average molecular weight is 395 g/mol. The first kappa shape index (κ1) is 21.0. The summed E-state index contributed by atoms with van der Waals surface area (Å²) in [5, 5.41) is 2.50. The van der Waals surface area contributed by atoms with Crippen LogP contribution in [0.5, 0.6) is 0 Å². The summed E-state index contributed by atoms with van der Waals surface area (Å²) in [4.78, 5) is 39.8. The van der Waals surface area contributed by atoms with Crippen LogP contribution in [0.1, 0.15) is 23.7 Å². The average Bonchev–Trinajstić information content (AvgIpc) is 2.94. The third-order valence-corrected chi connectivity index (χ3v) is 6.17. The fraction of sp³-hybridized carbons (Fsp3) is 0.500. The number of Topliss-reactive ketones (excluding diaryl/α,β-unsaturated/α-hetero) is 1. The van der Waals surface area contributed by atoms with E-state index in [0.29, 0.717) is 24.2 Å². The highest BCUT2D eigenvalue weighted by Crippen LogP contribution is 2.19. The highest BCUT2D eigenvalue weighted by Gasteiger charge is 2.36. The molecule has 1 aromatic carbocycles. The van der Waals surface area contributed by atoms with Gasteiger partial charge in [-0.1, -0.05) is 12.1 Å². The van der Waals surface area contributed by atoms with Crippen LogP contribution in [0.4, 0.5) is 5.69 Å². The summed E-state index contributed by atoms with van der Waals surface area (Å²) in [7, 11) is 0.480. The van der Waals surface area contributed by atoms with Crippen molar-refractivity contribution in [2.75, 3.05) is 44.0 Å². The molecule has 27 heavy (non-hydrogen) atoms. The van der Waals surface area contributed by atoms with Crippen molar-refractivity contribution in [1.29, 1.82) is 0 Å². The van der Waals surface area contributed by atoms with E-state index in [1.165, 1.54) is 17.9 Å². The molecule has 0 spiro atoms. The van der Waals surface area contributed by atoms with E-state index in [4.69, 9.17) is 0 Å². The Morgan fingerprint density at radius 3 is 2.44 bits per heavy atom. The lowest BCUT2D eigenvalue weighted by atomic mass is 10.1. The van der Waals surface area contributed by atoms with Crippen LogP contribution in [0, 0.1) is 0 Å². The summed E-state index contributed by atoms with van der Waals surface area (Å²) in [6.45, 7) is 2.18. The molecule has 1 fully saturated rings. The predicted molar refractivity (Wildman–Crippen MR) is 102 cm³/mol. The maximum absolute atomic E-state index is 12.7. The second kappa shape index (κ2) is 8.62. The molecule has 1 aliphatic rings. The predicted octanol–water partition coefficient (Wildman–Crippen LogP) is 0.405. The van der Waals surface area contributed by atoms with Crippen LogP contribution >= 0.6 is 0 Å². The first-order valence-corrected chi connectivity index (χ1v) is 10.5. The molecule has 0 aromatic heterocycles. The lowest BCUT2D eigenvalue weighted by Crippen LogP contribution is -2.48. The maximum atomic E-state index is 12.7. The number of rotatable bonds is 6. The molecule has 1 atom stereocenters. The summed E-state index contributed by atoms with van der Waals surface area (Å²) in [6, 6.07) is 5.81. The SMILES string of the molecule is CC(=O)c1cccc(NC(=O)C(=O)N(CCN(C)C)C2CCS(=O)(=O)C2)c1. The van der Waals surface area contributed by atoms with Crippen molar-refractivity contribution in [2.45, 2.75) is 19.4 Å². The van der Waals surface area contributed by atoms with Crippen LogP contribution in [-0.2, 0) is 19.4 Å². The number of carbonyl (C=O) groups excluding carboxylic acids is 3. The topological polar surface area (TPSA) is 104 Å². The molecule has 1 aromatic rings. The Morgan fingerprint density at radius 1 is 1.19 bits per heavy atom. The minimum Gasteiger partial charge on any atom is -0.329 e. The van der Waals surface area contributed by atoms with E-state index in [9.17, 15) is 22.8 Å². The van der Waals surface area contributed by atoms with Crippen molar-refractivity contribution in [2.24, 2.45) is 0 Å². The number of benzene rings is 1. The fourth-order valence-electron chi connectivity index (χ4n) is 2.91. The summed E-state index contributed by atoms with van der Waals surface area (Å²) in [5.41, 5.74) is 0.763. The highest BCUT2D eigenvalue weighted by atomic mass is 32.2. The number of amides is 2. The Morgan fingerprint density at radius 2 is 1.89 bits per heavy atom. The van der Waals surface area contributed by atoms with Crippen molar-refractivity contribution in [3.05, 3.63) is 29.8 Å². The number of sulfone groups is 1. The molecule has 2 amide bonds. The zero-order valence-corrected chi connectivity index (χ0v) is 16.6. The van der Waals surface area contributed by atoms with Gasteiger partial charge >= 0.3 is 11.8 Å². The molecule has 2 rings (SSSR count). The maximum Gasteiger partial charge on any atom is 0.313 e. The number of hydrogen-bond acceptors (Lipinski definition) is 6. The third-order valence-electron chi connectivity index (χ3n) is 4.42. The van der Waals surface area contributed by atoms with Crippen molar-refractivity contribution in [3.8, 4) is 0 Å². The van der Waals surface area contributed by atoms with E-state index in [0.717, 1.165) is 0 Å². The molecule has 1 N–H and O–H groups in total. The number of nitrogens with one attached hydrogen (secondary N) is 1. The Bertz CT molecular complexity index is 835.